The van der Waals surface area contributed by atoms with E-state index in [-0.39, 0.29) is 0 Å². The number of anilines is 1. The third-order valence-corrected chi connectivity index (χ3v) is 2.69. The third-order valence-electron chi connectivity index (χ3n) is 2.23. The van der Waals surface area contributed by atoms with Gasteiger partial charge in [-0.1, -0.05) is 29.8 Å². The van der Waals surface area contributed by atoms with Crippen LogP contribution in [0.2, 0.25) is 0 Å². The maximum atomic E-state index is 11.7. The highest BCUT2D eigenvalue weighted by atomic mass is 79.9. The molecule has 0 aliphatic rings. The molecule has 0 unspecified atom stereocenters. The second kappa shape index (κ2) is 5.74. The Hall–Kier alpha value is -1.03. The first-order chi connectivity index (χ1) is 8.17. The average Bonchev–Trinajstić information content (AvgIpc) is 2.12. The van der Waals surface area contributed by atoms with Gasteiger partial charge in [-0.15, -0.1) is 0 Å². The molecule has 100 valence electrons. The molecule has 1 amide bonds. The van der Waals surface area contributed by atoms with Crippen LogP contribution in [0.15, 0.2) is 22.7 Å². The number of halogens is 1. The van der Waals surface area contributed by atoms with E-state index in [2.05, 4.69) is 35.1 Å². The van der Waals surface area contributed by atoms with Crippen LogP contribution in [0.1, 0.15) is 46.1 Å². The first kappa shape index (κ1) is 15.0. The summed E-state index contributed by atoms with van der Waals surface area (Å²) in [5.74, 6) is 0.404. The minimum absolute atomic E-state index is 0.404. The number of carbonyl (C=O) groups excluding carboxylic acids is 1. The van der Waals surface area contributed by atoms with Gasteiger partial charge in [0.15, 0.2) is 0 Å². The molecule has 0 saturated heterocycles. The van der Waals surface area contributed by atoms with Gasteiger partial charge in [-0.25, -0.2) is 4.79 Å². The Balaban J connectivity index is 2.82. The summed E-state index contributed by atoms with van der Waals surface area (Å²) < 4.78 is 6.16. The van der Waals surface area contributed by atoms with Gasteiger partial charge >= 0.3 is 6.09 Å². The zero-order chi connectivity index (χ0) is 13.9. The summed E-state index contributed by atoms with van der Waals surface area (Å²) >= 11 is 3.44. The number of rotatable bonds is 2. The fourth-order valence-electron chi connectivity index (χ4n) is 1.44. The Morgan fingerprint density at radius 3 is 2.39 bits per heavy atom. The highest BCUT2D eigenvalue weighted by molar-refractivity contribution is 9.10. The second-order valence-corrected chi connectivity index (χ2v) is 6.47. The normalized spacial score (nSPS) is 11.5. The molecule has 0 aliphatic heterocycles. The highest BCUT2D eigenvalue weighted by Crippen LogP contribution is 2.25. The lowest BCUT2D eigenvalue weighted by atomic mass is 10.0. The Morgan fingerprint density at radius 1 is 1.28 bits per heavy atom. The van der Waals surface area contributed by atoms with Crippen molar-refractivity contribution < 1.29 is 9.53 Å². The molecule has 1 aromatic rings. The quantitative estimate of drug-likeness (QED) is 0.841. The molecule has 0 radical (unpaired) electrons. The molecular weight excluding hydrogens is 294 g/mol. The zero-order valence-corrected chi connectivity index (χ0v) is 13.1. The lowest BCUT2D eigenvalue weighted by Gasteiger charge is -2.20. The van der Waals surface area contributed by atoms with Crippen LogP contribution in [0.4, 0.5) is 10.5 Å². The number of nitrogens with one attached hydrogen (secondary N) is 1. The summed E-state index contributed by atoms with van der Waals surface area (Å²) in [6.45, 7) is 9.74. The van der Waals surface area contributed by atoms with E-state index in [1.54, 1.807) is 0 Å². The first-order valence-electron chi connectivity index (χ1n) is 5.98. The van der Waals surface area contributed by atoms with Crippen LogP contribution >= 0.6 is 15.9 Å². The van der Waals surface area contributed by atoms with Crippen molar-refractivity contribution in [1.29, 1.82) is 0 Å². The van der Waals surface area contributed by atoms with E-state index in [0.717, 1.165) is 15.7 Å². The van der Waals surface area contributed by atoms with Crippen molar-refractivity contribution in [2.24, 2.45) is 0 Å². The topological polar surface area (TPSA) is 38.3 Å². The van der Waals surface area contributed by atoms with Crippen molar-refractivity contribution in [3.05, 3.63) is 28.2 Å². The lowest BCUT2D eigenvalue weighted by Crippen LogP contribution is -2.27. The highest BCUT2D eigenvalue weighted by Gasteiger charge is 2.16. The molecule has 0 heterocycles. The Kier molecular flexibility index (Phi) is 4.79. The van der Waals surface area contributed by atoms with Crippen molar-refractivity contribution in [3.63, 3.8) is 0 Å². The predicted molar refractivity (Wildman–Crippen MR) is 78.1 cm³/mol. The largest absolute Gasteiger partial charge is 0.444 e. The molecule has 4 heteroatoms. The van der Waals surface area contributed by atoms with Gasteiger partial charge in [-0.05, 0) is 50.5 Å². The summed E-state index contributed by atoms with van der Waals surface area (Å²) in [5, 5.41) is 2.74. The molecule has 0 aromatic heterocycles. The van der Waals surface area contributed by atoms with Gasteiger partial charge in [0.25, 0.3) is 0 Å². The number of amides is 1. The van der Waals surface area contributed by atoms with Crippen LogP contribution in [0, 0.1) is 0 Å². The number of ether oxygens (including phenoxy) is 1. The van der Waals surface area contributed by atoms with Crippen LogP contribution in [-0.4, -0.2) is 11.7 Å². The molecular formula is C14H20BrNO2. The van der Waals surface area contributed by atoms with Crippen molar-refractivity contribution in [2.75, 3.05) is 5.32 Å². The maximum absolute atomic E-state index is 11.7. The van der Waals surface area contributed by atoms with E-state index in [9.17, 15) is 4.79 Å². The Labute approximate surface area is 117 Å². The maximum Gasteiger partial charge on any atom is 0.412 e. The molecule has 1 N–H and O–H groups in total. The predicted octanol–water partition coefficient (Wildman–Crippen LogP) is 4.92. The lowest BCUT2D eigenvalue weighted by molar-refractivity contribution is 0.0636. The van der Waals surface area contributed by atoms with E-state index in [4.69, 9.17) is 4.74 Å². The molecule has 1 rings (SSSR count). The monoisotopic (exact) mass is 313 g/mol. The summed E-state index contributed by atoms with van der Waals surface area (Å²) in [4.78, 5) is 11.7. The van der Waals surface area contributed by atoms with E-state index in [1.165, 1.54) is 0 Å². The third kappa shape index (κ3) is 5.08. The van der Waals surface area contributed by atoms with Crippen LogP contribution < -0.4 is 5.32 Å². The molecule has 0 atom stereocenters. The summed E-state index contributed by atoms with van der Waals surface area (Å²) in [6, 6.07) is 5.86. The first-order valence-corrected chi connectivity index (χ1v) is 6.77. The standard InChI is InChI=1S/C14H20BrNO2/c1-9(2)10-6-11(15)8-12(7-10)16-13(17)18-14(3,4)5/h6-9H,1-5H3,(H,16,17). The molecule has 3 nitrogen and oxygen atoms in total. The van der Waals surface area contributed by atoms with Crippen molar-refractivity contribution in [3.8, 4) is 0 Å². The second-order valence-electron chi connectivity index (χ2n) is 5.55. The van der Waals surface area contributed by atoms with Gasteiger partial charge in [0.05, 0.1) is 0 Å². The minimum atomic E-state index is -0.489. The molecule has 0 bridgehead atoms. The molecule has 1 aromatic carbocycles. The number of carbonyl (C=O) groups is 1. The smallest absolute Gasteiger partial charge is 0.412 e. The van der Waals surface area contributed by atoms with Gasteiger partial charge in [-0.3, -0.25) is 5.32 Å². The Bertz CT molecular complexity index is 436. The number of benzene rings is 1. The average molecular weight is 314 g/mol. The Morgan fingerprint density at radius 2 is 1.89 bits per heavy atom. The van der Waals surface area contributed by atoms with Gasteiger partial charge in [0, 0.05) is 10.2 Å². The van der Waals surface area contributed by atoms with Gasteiger partial charge in [0.2, 0.25) is 0 Å². The van der Waals surface area contributed by atoms with E-state index in [0.29, 0.717) is 5.92 Å². The number of hydrogen-bond acceptors (Lipinski definition) is 2. The van der Waals surface area contributed by atoms with E-state index >= 15 is 0 Å². The molecule has 0 aliphatic carbocycles. The molecule has 18 heavy (non-hydrogen) atoms. The fraction of sp³-hybridized carbons (Fsp3) is 0.500. The van der Waals surface area contributed by atoms with Crippen molar-refractivity contribution >= 4 is 27.7 Å². The van der Waals surface area contributed by atoms with Crippen molar-refractivity contribution in [1.82, 2.24) is 0 Å². The van der Waals surface area contributed by atoms with Crippen LogP contribution in [0.3, 0.4) is 0 Å². The summed E-state index contributed by atoms with van der Waals surface area (Å²) in [6.07, 6.45) is -0.435. The molecule has 0 fully saturated rings. The van der Waals surface area contributed by atoms with E-state index in [1.807, 2.05) is 39.0 Å². The van der Waals surface area contributed by atoms with Gasteiger partial charge < -0.3 is 4.74 Å². The zero-order valence-electron chi connectivity index (χ0n) is 11.5. The summed E-state index contributed by atoms with van der Waals surface area (Å²) in [5.41, 5.74) is 1.41. The van der Waals surface area contributed by atoms with Crippen LogP contribution in [-0.2, 0) is 4.74 Å². The summed E-state index contributed by atoms with van der Waals surface area (Å²) in [7, 11) is 0. The molecule has 0 spiro atoms. The van der Waals surface area contributed by atoms with E-state index < -0.39 is 11.7 Å². The van der Waals surface area contributed by atoms with Gasteiger partial charge in [0.1, 0.15) is 5.60 Å². The fourth-order valence-corrected chi connectivity index (χ4v) is 1.95. The van der Waals surface area contributed by atoms with Crippen molar-refractivity contribution in [2.45, 2.75) is 46.1 Å². The van der Waals surface area contributed by atoms with Crippen LogP contribution in [0.25, 0.3) is 0 Å². The SMILES string of the molecule is CC(C)c1cc(Br)cc(NC(=O)OC(C)(C)C)c1. The van der Waals surface area contributed by atoms with Gasteiger partial charge in [-0.2, -0.15) is 0 Å². The van der Waals surface area contributed by atoms with Crippen LogP contribution in [0.5, 0.6) is 0 Å². The number of hydrogen-bond donors (Lipinski definition) is 1. The molecule has 0 saturated carbocycles. The minimum Gasteiger partial charge on any atom is -0.444 e.